The number of hydrogen-bond donors (Lipinski definition) is 0. The number of carbonyl (C=O) groups excluding carboxylic acids is 2. The van der Waals surface area contributed by atoms with Crippen molar-refractivity contribution in [3.63, 3.8) is 0 Å². The zero-order valence-electron chi connectivity index (χ0n) is 16.3. The van der Waals surface area contributed by atoms with Gasteiger partial charge in [0, 0.05) is 38.5 Å². The molecule has 0 radical (unpaired) electrons. The van der Waals surface area contributed by atoms with E-state index in [1.165, 1.54) is 17.0 Å². The molecule has 0 N–H and O–H groups in total. The summed E-state index contributed by atoms with van der Waals surface area (Å²) in [5, 5.41) is 0. The lowest BCUT2D eigenvalue weighted by atomic mass is 10.1. The van der Waals surface area contributed by atoms with Crippen molar-refractivity contribution in [3.05, 3.63) is 59.7 Å². The van der Waals surface area contributed by atoms with Gasteiger partial charge in [0.05, 0.1) is 10.8 Å². The molecule has 7 heteroatoms. The Labute approximate surface area is 165 Å². The van der Waals surface area contributed by atoms with Crippen molar-refractivity contribution in [1.29, 1.82) is 0 Å². The van der Waals surface area contributed by atoms with Gasteiger partial charge in [0.15, 0.2) is 9.84 Å². The van der Waals surface area contributed by atoms with Gasteiger partial charge in [-0.3, -0.25) is 9.59 Å². The average Bonchev–Trinajstić information content (AvgIpc) is 3.02. The summed E-state index contributed by atoms with van der Waals surface area (Å²) in [6.45, 7) is 2.89. The third-order valence-electron chi connectivity index (χ3n) is 5.04. The first-order chi connectivity index (χ1) is 13.1. The first kappa shape index (κ1) is 20.1. The number of hydrogen-bond acceptors (Lipinski definition) is 4. The van der Waals surface area contributed by atoms with Crippen LogP contribution in [-0.4, -0.2) is 45.0 Å². The molecule has 0 spiro atoms. The van der Waals surface area contributed by atoms with Crippen LogP contribution in [0.5, 0.6) is 0 Å². The Hall–Kier alpha value is -2.67. The summed E-state index contributed by atoms with van der Waals surface area (Å²) < 4.78 is 23.1. The van der Waals surface area contributed by atoms with Crippen molar-refractivity contribution in [2.75, 3.05) is 24.7 Å². The van der Waals surface area contributed by atoms with E-state index >= 15 is 0 Å². The fourth-order valence-electron chi connectivity index (χ4n) is 3.32. The lowest BCUT2D eigenvalue weighted by Crippen LogP contribution is -2.34. The first-order valence-corrected chi connectivity index (χ1v) is 11.0. The summed E-state index contributed by atoms with van der Waals surface area (Å²) in [7, 11) is -1.64. The molecule has 1 atom stereocenters. The highest BCUT2D eigenvalue weighted by Crippen LogP contribution is 2.25. The molecule has 2 aromatic rings. The van der Waals surface area contributed by atoms with Gasteiger partial charge in [-0.2, -0.15) is 0 Å². The van der Waals surface area contributed by atoms with E-state index < -0.39 is 15.8 Å². The summed E-state index contributed by atoms with van der Waals surface area (Å²) in [5.74, 6) is -0.579. The fourth-order valence-corrected chi connectivity index (χ4v) is 3.95. The van der Waals surface area contributed by atoms with Gasteiger partial charge in [-0.1, -0.05) is 29.8 Å². The van der Waals surface area contributed by atoms with Gasteiger partial charge in [0.25, 0.3) is 0 Å². The van der Waals surface area contributed by atoms with E-state index in [-0.39, 0.29) is 23.1 Å². The van der Waals surface area contributed by atoms with Crippen molar-refractivity contribution in [3.8, 4) is 0 Å². The lowest BCUT2D eigenvalue weighted by Gasteiger charge is -2.22. The molecule has 6 nitrogen and oxygen atoms in total. The van der Waals surface area contributed by atoms with E-state index in [4.69, 9.17) is 0 Å². The fraction of sp³-hybridized carbons (Fsp3) is 0.333. The molecule has 1 aliphatic rings. The Bertz CT molecular complexity index is 982. The van der Waals surface area contributed by atoms with Gasteiger partial charge in [-0.05, 0) is 36.8 Å². The highest BCUT2D eigenvalue weighted by atomic mass is 32.2. The van der Waals surface area contributed by atoms with Crippen molar-refractivity contribution >= 4 is 27.3 Å². The van der Waals surface area contributed by atoms with Crippen LogP contribution in [0.1, 0.15) is 17.5 Å². The second-order valence-electron chi connectivity index (χ2n) is 7.32. The molecule has 1 heterocycles. The van der Waals surface area contributed by atoms with Crippen molar-refractivity contribution in [2.24, 2.45) is 5.92 Å². The number of nitrogens with zero attached hydrogens (tertiary/aromatic N) is 2. The minimum Gasteiger partial charge on any atom is -0.338 e. The van der Waals surface area contributed by atoms with Crippen LogP contribution in [-0.2, 0) is 26.0 Å². The molecule has 2 amide bonds. The molecule has 1 unspecified atom stereocenters. The van der Waals surface area contributed by atoms with Crippen LogP contribution in [0.15, 0.2) is 53.4 Å². The first-order valence-electron chi connectivity index (χ1n) is 9.06. The molecule has 0 bridgehead atoms. The number of aryl methyl sites for hydroxylation is 1. The molecular weight excluding hydrogens is 376 g/mol. The van der Waals surface area contributed by atoms with Gasteiger partial charge in [0.1, 0.15) is 0 Å². The van der Waals surface area contributed by atoms with E-state index in [2.05, 4.69) is 0 Å². The number of likely N-dealkylation sites (tertiary alicyclic amines) is 1. The summed E-state index contributed by atoms with van der Waals surface area (Å²) in [6.07, 6.45) is 1.33. The Morgan fingerprint density at radius 3 is 2.29 bits per heavy atom. The maximum atomic E-state index is 12.8. The number of anilines is 1. The summed E-state index contributed by atoms with van der Waals surface area (Å²) in [6, 6.07) is 14.2. The van der Waals surface area contributed by atoms with Crippen LogP contribution in [0.2, 0.25) is 0 Å². The van der Waals surface area contributed by atoms with E-state index in [0.717, 1.165) is 17.4 Å². The SMILES string of the molecule is Cc1ccc(CN2CC(C(=O)N(C)c3ccc(S(C)(=O)=O)cc3)CC2=O)cc1. The van der Waals surface area contributed by atoms with Crippen molar-refractivity contribution in [2.45, 2.75) is 24.8 Å². The Morgan fingerprint density at radius 2 is 1.71 bits per heavy atom. The van der Waals surface area contributed by atoms with Gasteiger partial charge in [0.2, 0.25) is 11.8 Å². The molecule has 2 aromatic carbocycles. The quantitative estimate of drug-likeness (QED) is 0.772. The van der Waals surface area contributed by atoms with Crippen LogP contribution in [0.3, 0.4) is 0 Å². The minimum absolute atomic E-state index is 0.0280. The van der Waals surface area contributed by atoms with Crippen LogP contribution in [0.25, 0.3) is 0 Å². The maximum absolute atomic E-state index is 12.8. The number of amides is 2. The summed E-state index contributed by atoms with van der Waals surface area (Å²) in [4.78, 5) is 28.6. The smallest absolute Gasteiger partial charge is 0.232 e. The van der Waals surface area contributed by atoms with Gasteiger partial charge < -0.3 is 9.80 Å². The molecule has 0 aromatic heterocycles. The summed E-state index contributed by atoms with van der Waals surface area (Å²) in [5.41, 5.74) is 2.80. The van der Waals surface area contributed by atoms with Crippen molar-refractivity contribution in [1.82, 2.24) is 4.90 Å². The third-order valence-corrected chi connectivity index (χ3v) is 6.17. The molecule has 3 rings (SSSR count). The highest BCUT2D eigenvalue weighted by molar-refractivity contribution is 7.90. The van der Waals surface area contributed by atoms with E-state index in [1.807, 2.05) is 31.2 Å². The molecule has 1 saturated heterocycles. The van der Waals surface area contributed by atoms with Crippen LogP contribution in [0, 0.1) is 12.8 Å². The Morgan fingerprint density at radius 1 is 1.11 bits per heavy atom. The van der Waals surface area contributed by atoms with E-state index in [0.29, 0.717) is 18.8 Å². The van der Waals surface area contributed by atoms with Crippen LogP contribution in [0.4, 0.5) is 5.69 Å². The van der Waals surface area contributed by atoms with Gasteiger partial charge in [-0.15, -0.1) is 0 Å². The number of benzene rings is 2. The molecule has 0 aliphatic carbocycles. The van der Waals surface area contributed by atoms with E-state index in [9.17, 15) is 18.0 Å². The number of carbonyl (C=O) groups is 2. The third kappa shape index (κ3) is 4.42. The average molecular weight is 401 g/mol. The highest BCUT2D eigenvalue weighted by Gasteiger charge is 2.36. The van der Waals surface area contributed by atoms with Gasteiger partial charge in [-0.25, -0.2) is 8.42 Å². The molecule has 1 fully saturated rings. The Balaban J connectivity index is 1.67. The normalized spacial score (nSPS) is 17.0. The predicted molar refractivity (Wildman–Crippen MR) is 108 cm³/mol. The molecule has 0 saturated carbocycles. The molecule has 1 aliphatic heterocycles. The predicted octanol–water partition coefficient (Wildman–Crippen LogP) is 2.41. The minimum atomic E-state index is -3.28. The second-order valence-corrected chi connectivity index (χ2v) is 9.34. The zero-order valence-corrected chi connectivity index (χ0v) is 17.1. The maximum Gasteiger partial charge on any atom is 0.232 e. The molecular formula is C21H24N2O4S. The standard InChI is InChI=1S/C21H24N2O4S/c1-15-4-6-16(7-5-15)13-23-14-17(12-20(23)24)21(25)22(2)18-8-10-19(11-9-18)28(3,26)27/h4-11,17H,12-14H2,1-3H3. The number of rotatable bonds is 5. The van der Waals surface area contributed by atoms with Crippen LogP contribution >= 0.6 is 0 Å². The number of sulfone groups is 1. The molecule has 28 heavy (non-hydrogen) atoms. The zero-order chi connectivity index (χ0) is 20.5. The Kier molecular flexibility index (Phi) is 5.56. The van der Waals surface area contributed by atoms with Gasteiger partial charge >= 0.3 is 0 Å². The summed E-state index contributed by atoms with van der Waals surface area (Å²) >= 11 is 0. The topological polar surface area (TPSA) is 74.8 Å². The monoisotopic (exact) mass is 400 g/mol. The molecule has 148 valence electrons. The van der Waals surface area contributed by atoms with Crippen molar-refractivity contribution < 1.29 is 18.0 Å². The van der Waals surface area contributed by atoms with Crippen LogP contribution < -0.4 is 4.90 Å². The second kappa shape index (κ2) is 7.75. The van der Waals surface area contributed by atoms with E-state index in [1.54, 1.807) is 24.1 Å². The largest absolute Gasteiger partial charge is 0.338 e. The lowest BCUT2D eigenvalue weighted by molar-refractivity contribution is -0.128.